The van der Waals surface area contributed by atoms with E-state index in [1.165, 1.54) is 16.7 Å². The van der Waals surface area contributed by atoms with Crippen molar-refractivity contribution in [1.82, 2.24) is 5.32 Å². The SMILES string of the molecule is Cc1cc(C)cc(CCC(=O)NC(C)C(C)CO)c1. The lowest BCUT2D eigenvalue weighted by Gasteiger charge is -2.19. The van der Waals surface area contributed by atoms with Gasteiger partial charge in [-0.25, -0.2) is 0 Å². The Morgan fingerprint density at radius 1 is 1.21 bits per heavy atom. The van der Waals surface area contributed by atoms with Crippen LogP contribution in [0.25, 0.3) is 0 Å². The highest BCUT2D eigenvalue weighted by Crippen LogP contribution is 2.11. The van der Waals surface area contributed by atoms with Crippen LogP contribution in [-0.2, 0) is 11.2 Å². The number of amides is 1. The van der Waals surface area contributed by atoms with Crippen LogP contribution in [0.2, 0.25) is 0 Å². The number of aryl methyl sites for hydroxylation is 3. The summed E-state index contributed by atoms with van der Waals surface area (Å²) in [4.78, 5) is 11.8. The minimum atomic E-state index is 0.0109. The van der Waals surface area contributed by atoms with Crippen molar-refractivity contribution < 1.29 is 9.90 Å². The number of aliphatic hydroxyl groups excluding tert-OH is 1. The predicted molar refractivity (Wildman–Crippen MR) is 78.1 cm³/mol. The number of rotatable bonds is 6. The van der Waals surface area contributed by atoms with Crippen LogP contribution in [0.4, 0.5) is 0 Å². The molecule has 1 rings (SSSR count). The van der Waals surface area contributed by atoms with Gasteiger partial charge in [-0.2, -0.15) is 0 Å². The molecule has 0 aromatic heterocycles. The molecule has 0 heterocycles. The average Bonchev–Trinajstić information content (AvgIpc) is 2.34. The van der Waals surface area contributed by atoms with Crippen LogP contribution >= 0.6 is 0 Å². The Morgan fingerprint density at radius 3 is 2.32 bits per heavy atom. The summed E-state index contributed by atoms with van der Waals surface area (Å²) in [6.07, 6.45) is 1.25. The molecule has 0 spiro atoms. The lowest BCUT2D eigenvalue weighted by atomic mass is 10.0. The first-order chi connectivity index (χ1) is 8.92. The zero-order valence-electron chi connectivity index (χ0n) is 12.4. The zero-order valence-corrected chi connectivity index (χ0v) is 12.4. The Balaban J connectivity index is 2.46. The lowest BCUT2D eigenvalue weighted by molar-refractivity contribution is -0.122. The van der Waals surface area contributed by atoms with Gasteiger partial charge in [-0.15, -0.1) is 0 Å². The molecule has 1 aromatic rings. The van der Waals surface area contributed by atoms with E-state index in [4.69, 9.17) is 5.11 Å². The van der Waals surface area contributed by atoms with E-state index in [1.807, 2.05) is 13.8 Å². The van der Waals surface area contributed by atoms with Crippen molar-refractivity contribution in [2.75, 3.05) is 6.61 Å². The molecule has 0 aliphatic carbocycles. The van der Waals surface area contributed by atoms with Crippen LogP contribution < -0.4 is 5.32 Å². The maximum atomic E-state index is 11.8. The van der Waals surface area contributed by atoms with Crippen LogP contribution in [-0.4, -0.2) is 23.7 Å². The van der Waals surface area contributed by atoms with Crippen molar-refractivity contribution in [1.29, 1.82) is 0 Å². The number of hydrogen-bond donors (Lipinski definition) is 2. The number of carbonyl (C=O) groups excluding carboxylic acids is 1. The minimum absolute atomic E-state index is 0.0109. The van der Waals surface area contributed by atoms with Crippen molar-refractivity contribution in [3.05, 3.63) is 34.9 Å². The summed E-state index contributed by atoms with van der Waals surface area (Å²) in [5, 5.41) is 12.0. The topological polar surface area (TPSA) is 49.3 Å². The van der Waals surface area contributed by atoms with Gasteiger partial charge in [-0.3, -0.25) is 4.79 Å². The quantitative estimate of drug-likeness (QED) is 0.828. The Labute approximate surface area is 116 Å². The maximum Gasteiger partial charge on any atom is 0.220 e. The number of aliphatic hydroxyl groups is 1. The second-order valence-electron chi connectivity index (χ2n) is 5.51. The fourth-order valence-electron chi connectivity index (χ4n) is 2.10. The molecule has 3 heteroatoms. The summed E-state index contributed by atoms with van der Waals surface area (Å²) in [5.41, 5.74) is 3.67. The van der Waals surface area contributed by atoms with E-state index < -0.39 is 0 Å². The van der Waals surface area contributed by atoms with E-state index in [1.54, 1.807) is 0 Å². The summed E-state index contributed by atoms with van der Waals surface area (Å²) in [7, 11) is 0. The first kappa shape index (κ1) is 15.7. The van der Waals surface area contributed by atoms with E-state index in [-0.39, 0.29) is 24.5 Å². The molecular formula is C16H25NO2. The summed E-state index contributed by atoms with van der Waals surface area (Å²) >= 11 is 0. The van der Waals surface area contributed by atoms with Gasteiger partial charge < -0.3 is 10.4 Å². The number of benzene rings is 1. The van der Waals surface area contributed by atoms with Crippen LogP contribution in [0.3, 0.4) is 0 Å². The molecule has 2 N–H and O–H groups in total. The van der Waals surface area contributed by atoms with Gasteiger partial charge >= 0.3 is 0 Å². The van der Waals surface area contributed by atoms with Gasteiger partial charge in [-0.05, 0) is 38.7 Å². The number of nitrogens with one attached hydrogen (secondary N) is 1. The molecule has 0 aliphatic heterocycles. The maximum absolute atomic E-state index is 11.8. The summed E-state index contributed by atoms with van der Waals surface area (Å²) in [6.45, 7) is 8.09. The zero-order chi connectivity index (χ0) is 14.4. The average molecular weight is 263 g/mol. The van der Waals surface area contributed by atoms with Crippen LogP contribution in [0.1, 0.15) is 37.0 Å². The van der Waals surface area contributed by atoms with Crippen molar-refractivity contribution in [2.24, 2.45) is 5.92 Å². The Bertz CT molecular complexity index is 409. The van der Waals surface area contributed by atoms with E-state index in [2.05, 4.69) is 37.4 Å². The molecule has 3 nitrogen and oxygen atoms in total. The fourth-order valence-corrected chi connectivity index (χ4v) is 2.10. The smallest absolute Gasteiger partial charge is 0.220 e. The molecule has 19 heavy (non-hydrogen) atoms. The second kappa shape index (κ2) is 7.29. The third kappa shape index (κ3) is 5.43. The second-order valence-corrected chi connectivity index (χ2v) is 5.51. The van der Waals surface area contributed by atoms with Crippen molar-refractivity contribution in [3.63, 3.8) is 0 Å². The van der Waals surface area contributed by atoms with E-state index in [9.17, 15) is 4.79 Å². The standard InChI is InChI=1S/C16H25NO2/c1-11-7-12(2)9-15(8-11)5-6-16(19)17-14(4)13(3)10-18/h7-9,13-14,18H,5-6,10H2,1-4H3,(H,17,19). The van der Waals surface area contributed by atoms with Crippen LogP contribution in [0.5, 0.6) is 0 Å². The van der Waals surface area contributed by atoms with Crippen molar-refractivity contribution in [2.45, 2.75) is 46.6 Å². The van der Waals surface area contributed by atoms with Gasteiger partial charge in [0.2, 0.25) is 5.91 Å². The molecule has 0 fully saturated rings. The van der Waals surface area contributed by atoms with E-state index in [0.717, 1.165) is 6.42 Å². The first-order valence-electron chi connectivity index (χ1n) is 6.89. The molecule has 0 saturated carbocycles. The number of hydrogen-bond acceptors (Lipinski definition) is 2. The molecule has 0 radical (unpaired) electrons. The largest absolute Gasteiger partial charge is 0.396 e. The third-order valence-electron chi connectivity index (χ3n) is 3.45. The molecule has 0 aliphatic rings. The van der Waals surface area contributed by atoms with Crippen LogP contribution in [0.15, 0.2) is 18.2 Å². The summed E-state index contributed by atoms with van der Waals surface area (Å²) in [6, 6.07) is 6.39. The first-order valence-corrected chi connectivity index (χ1v) is 6.89. The molecule has 0 bridgehead atoms. The molecular weight excluding hydrogens is 238 g/mol. The third-order valence-corrected chi connectivity index (χ3v) is 3.45. The Kier molecular flexibility index (Phi) is 6.03. The van der Waals surface area contributed by atoms with Gasteiger partial charge in [-0.1, -0.05) is 36.2 Å². The highest BCUT2D eigenvalue weighted by molar-refractivity contribution is 5.76. The van der Waals surface area contributed by atoms with Gasteiger partial charge in [0, 0.05) is 19.1 Å². The Morgan fingerprint density at radius 2 is 1.79 bits per heavy atom. The van der Waals surface area contributed by atoms with Gasteiger partial charge in [0.1, 0.15) is 0 Å². The molecule has 2 atom stereocenters. The lowest BCUT2D eigenvalue weighted by Crippen LogP contribution is -2.38. The van der Waals surface area contributed by atoms with Crippen LogP contribution in [0, 0.1) is 19.8 Å². The molecule has 1 aromatic carbocycles. The fraction of sp³-hybridized carbons (Fsp3) is 0.562. The highest BCUT2D eigenvalue weighted by atomic mass is 16.3. The van der Waals surface area contributed by atoms with Crippen molar-refractivity contribution in [3.8, 4) is 0 Å². The minimum Gasteiger partial charge on any atom is -0.396 e. The van der Waals surface area contributed by atoms with Gasteiger partial charge in [0.25, 0.3) is 0 Å². The Hall–Kier alpha value is -1.35. The highest BCUT2D eigenvalue weighted by Gasteiger charge is 2.13. The van der Waals surface area contributed by atoms with E-state index >= 15 is 0 Å². The molecule has 106 valence electrons. The van der Waals surface area contributed by atoms with Gasteiger partial charge in [0.15, 0.2) is 0 Å². The molecule has 1 amide bonds. The normalized spacial score (nSPS) is 13.9. The van der Waals surface area contributed by atoms with E-state index in [0.29, 0.717) is 6.42 Å². The number of carbonyl (C=O) groups is 1. The van der Waals surface area contributed by atoms with Crippen molar-refractivity contribution >= 4 is 5.91 Å². The van der Waals surface area contributed by atoms with Gasteiger partial charge in [0.05, 0.1) is 0 Å². The predicted octanol–water partition coefficient (Wildman–Crippen LogP) is 2.37. The molecule has 2 unspecified atom stereocenters. The summed E-state index contributed by atoms with van der Waals surface area (Å²) in [5.74, 6) is 0.136. The monoisotopic (exact) mass is 263 g/mol. The summed E-state index contributed by atoms with van der Waals surface area (Å²) < 4.78 is 0. The molecule has 0 saturated heterocycles.